The predicted octanol–water partition coefficient (Wildman–Crippen LogP) is 3.63. The normalized spacial score (nSPS) is 15.8. The van der Waals surface area contributed by atoms with E-state index in [2.05, 4.69) is 6.07 Å². The van der Waals surface area contributed by atoms with Gasteiger partial charge < -0.3 is 9.80 Å². The molecule has 25 heavy (non-hydrogen) atoms. The number of amides is 2. The summed E-state index contributed by atoms with van der Waals surface area (Å²) in [6, 6.07) is 13.9. The van der Waals surface area contributed by atoms with E-state index in [1.54, 1.807) is 4.90 Å². The van der Waals surface area contributed by atoms with Gasteiger partial charge in [-0.3, -0.25) is 9.59 Å². The molecule has 4 heteroatoms. The van der Waals surface area contributed by atoms with Gasteiger partial charge in [0.05, 0.1) is 0 Å². The first-order chi connectivity index (χ1) is 11.9. The molecular formula is C21H24N2O2. The van der Waals surface area contributed by atoms with E-state index in [-0.39, 0.29) is 24.4 Å². The Morgan fingerprint density at radius 2 is 1.84 bits per heavy atom. The minimum atomic E-state index is -0.128. The number of para-hydroxylation sites is 1. The second-order valence-electron chi connectivity index (χ2n) is 6.82. The van der Waals surface area contributed by atoms with Gasteiger partial charge in [-0.25, -0.2) is 0 Å². The lowest BCUT2D eigenvalue weighted by atomic mass is 10.1. The van der Waals surface area contributed by atoms with Gasteiger partial charge in [-0.1, -0.05) is 24.3 Å². The largest absolute Gasteiger partial charge is 0.307 e. The van der Waals surface area contributed by atoms with Gasteiger partial charge in [0, 0.05) is 24.3 Å². The number of nitrogens with zero attached hydrogens (tertiary/aromatic N) is 2. The minimum absolute atomic E-state index is 0.0501. The van der Waals surface area contributed by atoms with Crippen LogP contribution in [-0.4, -0.2) is 24.4 Å². The van der Waals surface area contributed by atoms with Crippen molar-refractivity contribution in [2.24, 2.45) is 0 Å². The van der Waals surface area contributed by atoms with Crippen LogP contribution in [0.5, 0.6) is 0 Å². The first-order valence-electron chi connectivity index (χ1n) is 8.64. The molecule has 0 saturated heterocycles. The van der Waals surface area contributed by atoms with Crippen LogP contribution in [0.4, 0.5) is 11.4 Å². The highest BCUT2D eigenvalue weighted by atomic mass is 16.2. The summed E-state index contributed by atoms with van der Waals surface area (Å²) in [5.74, 6) is -0.178. The van der Waals surface area contributed by atoms with E-state index in [4.69, 9.17) is 0 Å². The number of hydrogen-bond donors (Lipinski definition) is 0. The maximum atomic E-state index is 13.0. The van der Waals surface area contributed by atoms with E-state index >= 15 is 0 Å². The Bertz CT molecular complexity index is 828. The molecule has 3 rings (SSSR count). The van der Waals surface area contributed by atoms with Crippen LogP contribution in [0.15, 0.2) is 42.5 Å². The van der Waals surface area contributed by atoms with Gasteiger partial charge in [-0.05, 0) is 62.1 Å². The lowest BCUT2D eigenvalue weighted by Crippen LogP contribution is -2.44. The van der Waals surface area contributed by atoms with E-state index < -0.39 is 0 Å². The van der Waals surface area contributed by atoms with Crippen LogP contribution in [0.2, 0.25) is 0 Å². The molecule has 1 aliphatic rings. The maximum absolute atomic E-state index is 13.0. The van der Waals surface area contributed by atoms with Crippen molar-refractivity contribution in [3.8, 4) is 0 Å². The summed E-state index contributed by atoms with van der Waals surface area (Å²) in [4.78, 5) is 28.5. The third-order valence-electron chi connectivity index (χ3n) is 4.95. The highest BCUT2D eigenvalue weighted by molar-refractivity contribution is 6.04. The molecule has 0 radical (unpaired) electrons. The number of benzene rings is 2. The molecule has 0 fully saturated rings. The van der Waals surface area contributed by atoms with Gasteiger partial charge in [0.2, 0.25) is 11.8 Å². The molecule has 1 unspecified atom stereocenters. The number of anilines is 2. The number of aryl methyl sites for hydroxylation is 2. The Labute approximate surface area is 149 Å². The zero-order valence-electron chi connectivity index (χ0n) is 15.2. The number of fused-ring (bicyclic) bond motifs is 1. The van der Waals surface area contributed by atoms with Gasteiger partial charge in [0.15, 0.2) is 0 Å². The molecule has 4 nitrogen and oxygen atoms in total. The molecule has 1 aliphatic heterocycles. The third-order valence-corrected chi connectivity index (χ3v) is 4.95. The van der Waals surface area contributed by atoms with Crippen LogP contribution in [-0.2, 0) is 16.0 Å². The molecule has 0 N–H and O–H groups in total. The zero-order chi connectivity index (χ0) is 18.1. The van der Waals surface area contributed by atoms with Gasteiger partial charge in [-0.2, -0.15) is 0 Å². The molecule has 1 atom stereocenters. The fraction of sp³-hybridized carbons (Fsp3) is 0.333. The average Bonchev–Trinajstić information content (AvgIpc) is 2.90. The highest BCUT2D eigenvalue weighted by Gasteiger charge is 2.32. The summed E-state index contributed by atoms with van der Waals surface area (Å²) in [5.41, 5.74) is 5.19. The Balaban J connectivity index is 1.87. The Kier molecular flexibility index (Phi) is 4.62. The summed E-state index contributed by atoms with van der Waals surface area (Å²) in [5, 5.41) is 0. The Morgan fingerprint density at radius 3 is 2.52 bits per heavy atom. The summed E-state index contributed by atoms with van der Waals surface area (Å²) in [6.45, 7) is 7.65. The number of rotatable bonds is 3. The third kappa shape index (κ3) is 3.29. The standard InChI is InChI=1S/C21H24N2O2/c1-14-9-10-19(11-15(14)2)22(17(4)24)13-21(25)23-16(3)12-18-7-5-6-8-20(18)23/h5-11,16H,12-13H2,1-4H3. The smallest absolute Gasteiger partial charge is 0.247 e. The second-order valence-corrected chi connectivity index (χ2v) is 6.82. The molecule has 0 saturated carbocycles. The summed E-state index contributed by atoms with van der Waals surface area (Å²) in [7, 11) is 0. The van der Waals surface area contributed by atoms with Crippen molar-refractivity contribution in [1.29, 1.82) is 0 Å². The molecule has 0 aromatic heterocycles. The quantitative estimate of drug-likeness (QED) is 0.859. The zero-order valence-corrected chi connectivity index (χ0v) is 15.2. The van der Waals surface area contributed by atoms with Crippen LogP contribution >= 0.6 is 0 Å². The number of carbonyl (C=O) groups is 2. The maximum Gasteiger partial charge on any atom is 0.247 e. The topological polar surface area (TPSA) is 40.6 Å². The molecule has 130 valence electrons. The lowest BCUT2D eigenvalue weighted by Gasteiger charge is -2.27. The van der Waals surface area contributed by atoms with Crippen LogP contribution in [0.25, 0.3) is 0 Å². The Hall–Kier alpha value is -2.62. The van der Waals surface area contributed by atoms with E-state index in [1.807, 2.05) is 62.1 Å². The van der Waals surface area contributed by atoms with Crippen molar-refractivity contribution in [2.75, 3.05) is 16.3 Å². The highest BCUT2D eigenvalue weighted by Crippen LogP contribution is 2.32. The van der Waals surface area contributed by atoms with E-state index in [0.29, 0.717) is 0 Å². The van der Waals surface area contributed by atoms with E-state index in [9.17, 15) is 9.59 Å². The number of carbonyl (C=O) groups excluding carboxylic acids is 2. The van der Waals surface area contributed by atoms with Gasteiger partial charge in [0.1, 0.15) is 6.54 Å². The SMILES string of the molecule is CC(=O)N(CC(=O)N1c2ccccc2CC1C)c1ccc(C)c(C)c1. The fourth-order valence-electron chi connectivity index (χ4n) is 3.43. The van der Waals surface area contributed by atoms with E-state index in [0.717, 1.165) is 23.4 Å². The first kappa shape index (κ1) is 17.2. The van der Waals surface area contributed by atoms with Gasteiger partial charge in [-0.15, -0.1) is 0 Å². The van der Waals surface area contributed by atoms with Crippen LogP contribution in [0.1, 0.15) is 30.5 Å². The fourth-order valence-corrected chi connectivity index (χ4v) is 3.43. The molecular weight excluding hydrogens is 312 g/mol. The van der Waals surface area contributed by atoms with Crippen molar-refractivity contribution < 1.29 is 9.59 Å². The second kappa shape index (κ2) is 6.71. The van der Waals surface area contributed by atoms with Crippen molar-refractivity contribution in [3.63, 3.8) is 0 Å². The van der Waals surface area contributed by atoms with Crippen LogP contribution < -0.4 is 9.80 Å². The average molecular weight is 336 g/mol. The lowest BCUT2D eigenvalue weighted by molar-refractivity contribution is -0.121. The molecule has 2 aromatic carbocycles. The molecule has 0 spiro atoms. The summed E-state index contributed by atoms with van der Waals surface area (Å²) < 4.78 is 0. The molecule has 1 heterocycles. The molecule has 0 bridgehead atoms. The van der Waals surface area contributed by atoms with Crippen molar-refractivity contribution in [1.82, 2.24) is 0 Å². The van der Waals surface area contributed by atoms with Gasteiger partial charge >= 0.3 is 0 Å². The summed E-state index contributed by atoms with van der Waals surface area (Å²) >= 11 is 0. The van der Waals surface area contributed by atoms with Gasteiger partial charge in [0.25, 0.3) is 0 Å². The van der Waals surface area contributed by atoms with Crippen molar-refractivity contribution in [2.45, 2.75) is 40.2 Å². The molecule has 0 aliphatic carbocycles. The molecule has 2 amide bonds. The predicted molar refractivity (Wildman–Crippen MR) is 101 cm³/mol. The van der Waals surface area contributed by atoms with Crippen molar-refractivity contribution >= 4 is 23.2 Å². The summed E-state index contributed by atoms with van der Waals surface area (Å²) in [6.07, 6.45) is 0.853. The van der Waals surface area contributed by atoms with Crippen LogP contribution in [0.3, 0.4) is 0 Å². The van der Waals surface area contributed by atoms with E-state index in [1.165, 1.54) is 18.1 Å². The minimum Gasteiger partial charge on any atom is -0.307 e. The monoisotopic (exact) mass is 336 g/mol. The van der Waals surface area contributed by atoms with Crippen LogP contribution in [0, 0.1) is 13.8 Å². The Morgan fingerprint density at radius 1 is 1.12 bits per heavy atom. The first-order valence-corrected chi connectivity index (χ1v) is 8.64. The number of hydrogen-bond acceptors (Lipinski definition) is 2. The molecule has 2 aromatic rings. The van der Waals surface area contributed by atoms with Crippen molar-refractivity contribution in [3.05, 3.63) is 59.2 Å².